The van der Waals surface area contributed by atoms with E-state index in [1.807, 2.05) is 30.3 Å². The van der Waals surface area contributed by atoms with E-state index in [2.05, 4.69) is 16.5 Å². The highest BCUT2D eigenvalue weighted by molar-refractivity contribution is 7.93. The van der Waals surface area contributed by atoms with Crippen molar-refractivity contribution in [3.05, 3.63) is 42.5 Å². The van der Waals surface area contributed by atoms with Crippen LogP contribution in [0.3, 0.4) is 0 Å². The first-order valence-corrected chi connectivity index (χ1v) is 8.78. The summed E-state index contributed by atoms with van der Waals surface area (Å²) in [7, 11) is -0.612. The maximum absolute atomic E-state index is 12.8. The van der Waals surface area contributed by atoms with Crippen molar-refractivity contribution >= 4 is 9.73 Å². The van der Waals surface area contributed by atoms with Gasteiger partial charge in [0.05, 0.1) is 15.5 Å². The quantitative estimate of drug-likeness (QED) is 0.755. The number of benzene rings is 1. The molecule has 0 saturated heterocycles. The van der Waals surface area contributed by atoms with Gasteiger partial charge < -0.3 is 0 Å². The molecule has 0 amide bonds. The van der Waals surface area contributed by atoms with Crippen LogP contribution in [0.1, 0.15) is 32.1 Å². The van der Waals surface area contributed by atoms with Crippen LogP contribution in [-0.2, 0) is 9.73 Å². The molecular weight excluding hydrogens is 254 g/mol. The fourth-order valence-corrected chi connectivity index (χ4v) is 4.12. The number of rotatable bonds is 4. The molecule has 0 unspecified atom stereocenters. The fourth-order valence-electron chi connectivity index (χ4n) is 2.61. The lowest BCUT2D eigenvalue weighted by Crippen LogP contribution is -2.06. The van der Waals surface area contributed by atoms with Crippen LogP contribution < -0.4 is 0 Å². The average Bonchev–Trinajstić information content (AvgIpc) is 2.49. The summed E-state index contributed by atoms with van der Waals surface area (Å²) >= 11 is 0. The molecule has 104 valence electrons. The van der Waals surface area contributed by atoms with Crippen LogP contribution in [0.15, 0.2) is 51.7 Å². The van der Waals surface area contributed by atoms with Crippen LogP contribution in [0.2, 0.25) is 0 Å². The predicted molar refractivity (Wildman–Crippen MR) is 81.8 cm³/mol. The second kappa shape index (κ2) is 6.90. The monoisotopic (exact) mass is 277 g/mol. The first-order chi connectivity index (χ1) is 9.24. The van der Waals surface area contributed by atoms with E-state index in [0.29, 0.717) is 11.7 Å². The highest BCUT2D eigenvalue weighted by Crippen LogP contribution is 2.24. The van der Waals surface area contributed by atoms with Crippen molar-refractivity contribution in [3.8, 4) is 0 Å². The molecular formula is C16H23NOS. The summed E-state index contributed by atoms with van der Waals surface area (Å²) in [4.78, 5) is 0.839. The topological polar surface area (TPSA) is 29.4 Å². The van der Waals surface area contributed by atoms with Gasteiger partial charge in [-0.05, 0) is 30.9 Å². The molecule has 1 atom stereocenters. The molecule has 0 aliphatic heterocycles. The standard InChI is InChI=1S/C16H23NOS/c1-17-19(18,16-12-6-3-7-13-16)14-8-11-15-9-4-2-5-10-15/h3,6-8,11-13,15H,2,4-5,9-10,14H2,1H3/b11-8-/t19-/m1/s1. The van der Waals surface area contributed by atoms with Crippen LogP contribution in [0.5, 0.6) is 0 Å². The minimum Gasteiger partial charge on any atom is -0.244 e. The van der Waals surface area contributed by atoms with E-state index in [-0.39, 0.29) is 0 Å². The van der Waals surface area contributed by atoms with E-state index in [9.17, 15) is 4.21 Å². The largest absolute Gasteiger partial charge is 0.244 e. The van der Waals surface area contributed by atoms with Crippen molar-refractivity contribution in [2.24, 2.45) is 10.3 Å². The minimum atomic E-state index is -2.27. The van der Waals surface area contributed by atoms with Gasteiger partial charge in [0.15, 0.2) is 0 Å². The third-order valence-corrected chi connectivity index (χ3v) is 6.03. The highest BCUT2D eigenvalue weighted by Gasteiger charge is 2.12. The maximum atomic E-state index is 12.8. The normalized spacial score (nSPS) is 20.3. The zero-order valence-electron chi connectivity index (χ0n) is 11.6. The summed E-state index contributed by atoms with van der Waals surface area (Å²) in [5.41, 5.74) is 0. The Balaban J connectivity index is 2.04. The lowest BCUT2D eigenvalue weighted by atomic mass is 9.89. The van der Waals surface area contributed by atoms with Gasteiger partial charge in [0.1, 0.15) is 0 Å². The van der Waals surface area contributed by atoms with Crippen molar-refractivity contribution in [2.75, 3.05) is 12.8 Å². The molecule has 3 heteroatoms. The van der Waals surface area contributed by atoms with E-state index >= 15 is 0 Å². The van der Waals surface area contributed by atoms with Crippen molar-refractivity contribution in [3.63, 3.8) is 0 Å². The van der Waals surface area contributed by atoms with Gasteiger partial charge in [-0.25, -0.2) is 8.57 Å². The number of hydrogen-bond acceptors (Lipinski definition) is 2. The lowest BCUT2D eigenvalue weighted by Gasteiger charge is -2.17. The molecule has 0 spiro atoms. The van der Waals surface area contributed by atoms with Crippen LogP contribution in [-0.4, -0.2) is 17.0 Å². The third-order valence-electron chi connectivity index (χ3n) is 3.79. The van der Waals surface area contributed by atoms with Crippen molar-refractivity contribution in [1.82, 2.24) is 0 Å². The Labute approximate surface area is 117 Å². The van der Waals surface area contributed by atoms with Crippen LogP contribution >= 0.6 is 0 Å². The molecule has 1 aromatic carbocycles. The summed E-state index contributed by atoms with van der Waals surface area (Å²) in [6, 6.07) is 9.60. The minimum absolute atomic E-state index is 0.532. The molecule has 0 N–H and O–H groups in total. The Kier molecular flexibility index (Phi) is 5.20. The van der Waals surface area contributed by atoms with E-state index in [0.717, 1.165) is 4.90 Å². The molecule has 2 nitrogen and oxygen atoms in total. The van der Waals surface area contributed by atoms with E-state index in [4.69, 9.17) is 0 Å². The van der Waals surface area contributed by atoms with Crippen molar-refractivity contribution in [1.29, 1.82) is 0 Å². The molecule has 2 rings (SSSR count). The van der Waals surface area contributed by atoms with Gasteiger partial charge in [-0.2, -0.15) is 0 Å². The van der Waals surface area contributed by atoms with Gasteiger partial charge in [0.25, 0.3) is 0 Å². The molecule has 19 heavy (non-hydrogen) atoms. The predicted octanol–water partition coefficient (Wildman–Crippen LogP) is 4.28. The molecule has 1 fully saturated rings. The van der Waals surface area contributed by atoms with Gasteiger partial charge >= 0.3 is 0 Å². The molecule has 1 aromatic rings. The first kappa shape index (κ1) is 14.3. The van der Waals surface area contributed by atoms with Gasteiger partial charge in [-0.3, -0.25) is 0 Å². The average molecular weight is 277 g/mol. The van der Waals surface area contributed by atoms with Crippen LogP contribution in [0.4, 0.5) is 0 Å². The zero-order chi connectivity index (χ0) is 13.6. The Bertz CT molecular complexity index is 521. The maximum Gasteiger partial charge on any atom is 0.0785 e. The van der Waals surface area contributed by atoms with E-state index in [1.165, 1.54) is 32.1 Å². The Morgan fingerprint density at radius 2 is 1.89 bits per heavy atom. The highest BCUT2D eigenvalue weighted by atomic mass is 32.2. The van der Waals surface area contributed by atoms with Gasteiger partial charge in [0, 0.05) is 11.9 Å². The number of allylic oxidation sites excluding steroid dienone is 1. The van der Waals surface area contributed by atoms with Crippen molar-refractivity contribution < 1.29 is 4.21 Å². The molecule has 0 heterocycles. The van der Waals surface area contributed by atoms with Gasteiger partial charge in [-0.15, -0.1) is 0 Å². The first-order valence-electron chi connectivity index (χ1n) is 7.09. The molecule has 1 aliphatic rings. The van der Waals surface area contributed by atoms with Crippen LogP contribution in [0.25, 0.3) is 0 Å². The summed E-state index contributed by atoms with van der Waals surface area (Å²) in [6.45, 7) is 0. The number of hydrogen-bond donors (Lipinski definition) is 0. The smallest absolute Gasteiger partial charge is 0.0785 e. The third kappa shape index (κ3) is 3.93. The molecule has 0 radical (unpaired) electrons. The second-order valence-corrected chi connectivity index (χ2v) is 7.58. The Morgan fingerprint density at radius 3 is 2.53 bits per heavy atom. The number of nitrogens with zero attached hydrogens (tertiary/aromatic N) is 1. The second-order valence-electron chi connectivity index (χ2n) is 5.13. The van der Waals surface area contributed by atoms with E-state index < -0.39 is 9.73 Å². The SMILES string of the molecule is CN=[S@@](=O)(C/C=C\C1CCCCC1)c1ccccc1. The molecule has 1 aliphatic carbocycles. The zero-order valence-corrected chi connectivity index (χ0v) is 12.4. The van der Waals surface area contributed by atoms with Crippen molar-refractivity contribution in [2.45, 2.75) is 37.0 Å². The lowest BCUT2D eigenvalue weighted by molar-refractivity contribution is 0.419. The molecule has 0 aromatic heterocycles. The summed E-state index contributed by atoms with van der Waals surface area (Å²) < 4.78 is 16.9. The van der Waals surface area contributed by atoms with Gasteiger partial charge in [-0.1, -0.05) is 49.6 Å². The summed E-state index contributed by atoms with van der Waals surface area (Å²) in [6.07, 6.45) is 10.9. The van der Waals surface area contributed by atoms with Crippen LogP contribution in [0, 0.1) is 5.92 Å². The fraction of sp³-hybridized carbons (Fsp3) is 0.500. The molecule has 0 bridgehead atoms. The Hall–Kier alpha value is -1.09. The molecule has 1 saturated carbocycles. The summed E-state index contributed by atoms with van der Waals surface area (Å²) in [5.74, 6) is 1.22. The van der Waals surface area contributed by atoms with E-state index in [1.54, 1.807) is 7.05 Å². The Morgan fingerprint density at radius 1 is 1.21 bits per heavy atom. The summed E-state index contributed by atoms with van der Waals surface area (Å²) in [5, 5.41) is 0. The van der Waals surface area contributed by atoms with Gasteiger partial charge in [0.2, 0.25) is 0 Å².